The van der Waals surface area contributed by atoms with Gasteiger partial charge in [0.15, 0.2) is 0 Å². The van der Waals surface area contributed by atoms with Gasteiger partial charge in [-0.25, -0.2) is 4.39 Å². The minimum Gasteiger partial charge on any atom is -0.381 e. The average molecular weight is 146 g/mol. The van der Waals surface area contributed by atoms with Crippen molar-refractivity contribution in [2.24, 2.45) is 5.92 Å². The SMILES string of the molecule is COC1CCCC(F)C1C. The summed E-state index contributed by atoms with van der Waals surface area (Å²) in [6.07, 6.45) is 2.24. The molecule has 0 amide bonds. The van der Waals surface area contributed by atoms with Gasteiger partial charge in [-0.05, 0) is 19.3 Å². The molecule has 1 rings (SSSR count). The summed E-state index contributed by atoms with van der Waals surface area (Å²) in [5.74, 6) is 0.0961. The van der Waals surface area contributed by atoms with Crippen LogP contribution in [0.3, 0.4) is 0 Å². The van der Waals surface area contributed by atoms with Crippen molar-refractivity contribution >= 4 is 0 Å². The fourth-order valence-electron chi connectivity index (χ4n) is 1.61. The molecule has 0 radical (unpaired) electrons. The molecule has 1 saturated carbocycles. The second kappa shape index (κ2) is 3.33. The number of methoxy groups -OCH3 is 1. The van der Waals surface area contributed by atoms with Crippen molar-refractivity contribution in [3.63, 3.8) is 0 Å². The fraction of sp³-hybridized carbons (Fsp3) is 1.00. The summed E-state index contributed by atoms with van der Waals surface area (Å²) in [4.78, 5) is 0. The van der Waals surface area contributed by atoms with Gasteiger partial charge in [-0.3, -0.25) is 0 Å². The fourth-order valence-corrected chi connectivity index (χ4v) is 1.61. The number of alkyl halides is 1. The lowest BCUT2D eigenvalue weighted by Gasteiger charge is -2.30. The van der Waals surface area contributed by atoms with Crippen LogP contribution in [0, 0.1) is 5.92 Å². The summed E-state index contributed by atoms with van der Waals surface area (Å²) in [5.41, 5.74) is 0. The van der Waals surface area contributed by atoms with Gasteiger partial charge in [0.25, 0.3) is 0 Å². The Hall–Kier alpha value is -0.110. The van der Waals surface area contributed by atoms with E-state index in [0.29, 0.717) is 0 Å². The van der Waals surface area contributed by atoms with E-state index >= 15 is 0 Å². The molecule has 3 unspecified atom stereocenters. The number of ether oxygens (including phenoxy) is 1. The van der Waals surface area contributed by atoms with Gasteiger partial charge >= 0.3 is 0 Å². The standard InChI is InChI=1S/C8H15FO/c1-6-7(9)4-3-5-8(6)10-2/h6-8H,3-5H2,1-2H3. The number of rotatable bonds is 1. The van der Waals surface area contributed by atoms with Crippen LogP contribution >= 0.6 is 0 Å². The lowest BCUT2D eigenvalue weighted by molar-refractivity contribution is -0.00731. The summed E-state index contributed by atoms with van der Waals surface area (Å²) in [6, 6.07) is 0. The Morgan fingerprint density at radius 3 is 2.60 bits per heavy atom. The predicted molar refractivity (Wildman–Crippen MR) is 38.7 cm³/mol. The summed E-state index contributed by atoms with van der Waals surface area (Å²) >= 11 is 0. The monoisotopic (exact) mass is 146 g/mol. The third-order valence-corrected chi connectivity index (χ3v) is 2.43. The molecule has 0 N–H and O–H groups in total. The van der Waals surface area contributed by atoms with Crippen LogP contribution in [0.2, 0.25) is 0 Å². The minimum atomic E-state index is -0.640. The van der Waals surface area contributed by atoms with Crippen LogP contribution in [0.1, 0.15) is 26.2 Å². The Bertz CT molecular complexity index is 105. The van der Waals surface area contributed by atoms with Crippen molar-refractivity contribution in [2.75, 3.05) is 7.11 Å². The van der Waals surface area contributed by atoms with Gasteiger partial charge in [-0.2, -0.15) is 0 Å². The van der Waals surface area contributed by atoms with E-state index in [1.807, 2.05) is 6.92 Å². The van der Waals surface area contributed by atoms with Gasteiger partial charge < -0.3 is 4.74 Å². The molecule has 1 fully saturated rings. The van der Waals surface area contributed by atoms with Crippen molar-refractivity contribution in [3.05, 3.63) is 0 Å². The minimum absolute atomic E-state index is 0.0961. The van der Waals surface area contributed by atoms with Crippen LogP contribution in [-0.4, -0.2) is 19.4 Å². The van der Waals surface area contributed by atoms with Crippen molar-refractivity contribution in [2.45, 2.75) is 38.5 Å². The van der Waals surface area contributed by atoms with Crippen molar-refractivity contribution in [1.82, 2.24) is 0 Å². The highest BCUT2D eigenvalue weighted by Crippen LogP contribution is 2.28. The molecule has 1 aliphatic carbocycles. The van der Waals surface area contributed by atoms with Crippen LogP contribution in [-0.2, 0) is 4.74 Å². The molecular formula is C8H15FO. The Morgan fingerprint density at radius 2 is 2.10 bits per heavy atom. The quantitative estimate of drug-likeness (QED) is 0.550. The maximum atomic E-state index is 12.9. The summed E-state index contributed by atoms with van der Waals surface area (Å²) < 4.78 is 18.1. The number of hydrogen-bond donors (Lipinski definition) is 0. The van der Waals surface area contributed by atoms with Crippen molar-refractivity contribution in [1.29, 1.82) is 0 Å². The maximum absolute atomic E-state index is 12.9. The number of halogens is 1. The topological polar surface area (TPSA) is 9.23 Å². The van der Waals surface area contributed by atoms with Gasteiger partial charge in [-0.1, -0.05) is 6.92 Å². The van der Waals surface area contributed by atoms with E-state index in [0.717, 1.165) is 19.3 Å². The van der Waals surface area contributed by atoms with Gasteiger partial charge in [-0.15, -0.1) is 0 Å². The summed E-state index contributed by atoms with van der Waals surface area (Å²) in [6.45, 7) is 1.93. The largest absolute Gasteiger partial charge is 0.381 e. The molecule has 0 bridgehead atoms. The molecule has 0 aliphatic heterocycles. The Balaban J connectivity index is 2.42. The second-order valence-corrected chi connectivity index (χ2v) is 3.08. The lowest BCUT2D eigenvalue weighted by atomic mass is 9.86. The van der Waals surface area contributed by atoms with Gasteiger partial charge in [0, 0.05) is 13.0 Å². The molecule has 0 aromatic carbocycles. The van der Waals surface area contributed by atoms with Crippen LogP contribution < -0.4 is 0 Å². The first-order chi connectivity index (χ1) is 4.75. The van der Waals surface area contributed by atoms with E-state index in [1.54, 1.807) is 7.11 Å². The molecule has 0 aromatic rings. The normalized spacial score (nSPS) is 41.7. The molecule has 3 atom stereocenters. The summed E-state index contributed by atoms with van der Waals surface area (Å²) in [7, 11) is 1.67. The highest BCUT2D eigenvalue weighted by molar-refractivity contribution is 4.79. The van der Waals surface area contributed by atoms with Crippen molar-refractivity contribution < 1.29 is 9.13 Å². The van der Waals surface area contributed by atoms with E-state index in [4.69, 9.17) is 4.74 Å². The Kier molecular flexibility index (Phi) is 2.66. The number of hydrogen-bond acceptors (Lipinski definition) is 1. The molecule has 0 saturated heterocycles. The second-order valence-electron chi connectivity index (χ2n) is 3.08. The zero-order valence-corrected chi connectivity index (χ0v) is 6.64. The molecule has 1 aliphatic rings. The lowest BCUT2D eigenvalue weighted by Crippen LogP contribution is -2.32. The van der Waals surface area contributed by atoms with E-state index in [2.05, 4.69) is 0 Å². The predicted octanol–water partition coefficient (Wildman–Crippen LogP) is 2.16. The zero-order valence-electron chi connectivity index (χ0n) is 6.64. The zero-order chi connectivity index (χ0) is 7.56. The van der Waals surface area contributed by atoms with Crippen LogP contribution in [0.15, 0.2) is 0 Å². The van der Waals surface area contributed by atoms with Gasteiger partial charge in [0.2, 0.25) is 0 Å². The van der Waals surface area contributed by atoms with E-state index in [9.17, 15) is 4.39 Å². The third-order valence-electron chi connectivity index (χ3n) is 2.43. The van der Waals surface area contributed by atoms with Gasteiger partial charge in [0.1, 0.15) is 6.17 Å². The van der Waals surface area contributed by atoms with E-state index < -0.39 is 6.17 Å². The van der Waals surface area contributed by atoms with Crippen molar-refractivity contribution in [3.8, 4) is 0 Å². The van der Waals surface area contributed by atoms with Crippen LogP contribution in [0.25, 0.3) is 0 Å². The van der Waals surface area contributed by atoms with E-state index in [-0.39, 0.29) is 12.0 Å². The molecule has 0 aromatic heterocycles. The van der Waals surface area contributed by atoms with Gasteiger partial charge in [0.05, 0.1) is 6.10 Å². The Labute approximate surface area is 61.6 Å². The highest BCUT2D eigenvalue weighted by Gasteiger charge is 2.29. The summed E-state index contributed by atoms with van der Waals surface area (Å²) in [5, 5.41) is 0. The molecule has 0 spiro atoms. The maximum Gasteiger partial charge on any atom is 0.105 e. The molecule has 1 nitrogen and oxygen atoms in total. The Morgan fingerprint density at radius 1 is 1.40 bits per heavy atom. The van der Waals surface area contributed by atoms with Crippen LogP contribution in [0.4, 0.5) is 4.39 Å². The average Bonchev–Trinajstić information content (AvgIpc) is 1.95. The molecule has 2 heteroatoms. The molecule has 0 heterocycles. The first-order valence-electron chi connectivity index (χ1n) is 3.92. The highest BCUT2D eigenvalue weighted by atomic mass is 19.1. The van der Waals surface area contributed by atoms with E-state index in [1.165, 1.54) is 0 Å². The molecular weight excluding hydrogens is 131 g/mol. The first kappa shape index (κ1) is 7.99. The third kappa shape index (κ3) is 1.48. The molecule has 10 heavy (non-hydrogen) atoms. The molecule has 60 valence electrons. The first-order valence-corrected chi connectivity index (χ1v) is 3.92. The van der Waals surface area contributed by atoms with Crippen LogP contribution in [0.5, 0.6) is 0 Å². The smallest absolute Gasteiger partial charge is 0.105 e.